The molecule has 0 spiro atoms. The number of nitrogens with one attached hydrogen (secondary N) is 1. The Morgan fingerprint density at radius 1 is 1.25 bits per heavy atom. The molecule has 0 aromatic heterocycles. The van der Waals surface area contributed by atoms with Crippen LogP contribution in [0.1, 0.15) is 13.3 Å². The number of carbonyl (C=O) groups is 2. The number of hydrogen-bond acceptors (Lipinski definition) is 4. The SMILES string of the molecule is CCN1C(=O)C(CC(=O)Nc2ccc(Cl)cc2)SC1=Nc1ccc(Br)cc1Br. The quantitative estimate of drug-likeness (QED) is 0.513. The van der Waals surface area contributed by atoms with Crippen molar-refractivity contribution in [3.63, 3.8) is 0 Å². The molecule has 1 atom stereocenters. The van der Waals surface area contributed by atoms with Gasteiger partial charge in [0.1, 0.15) is 5.25 Å². The van der Waals surface area contributed by atoms with Crippen LogP contribution in [0, 0.1) is 0 Å². The van der Waals surface area contributed by atoms with E-state index >= 15 is 0 Å². The minimum atomic E-state index is -0.500. The van der Waals surface area contributed by atoms with Crippen molar-refractivity contribution in [2.45, 2.75) is 18.6 Å². The van der Waals surface area contributed by atoms with Crippen molar-refractivity contribution >= 4 is 83.6 Å². The first-order valence-electron chi connectivity index (χ1n) is 8.44. The molecule has 9 heteroatoms. The van der Waals surface area contributed by atoms with E-state index < -0.39 is 5.25 Å². The molecule has 0 bridgehead atoms. The molecule has 2 aromatic carbocycles. The number of hydrogen-bond donors (Lipinski definition) is 1. The molecule has 146 valence electrons. The maximum absolute atomic E-state index is 12.7. The lowest BCUT2D eigenvalue weighted by molar-refractivity contribution is -0.128. The second-order valence-electron chi connectivity index (χ2n) is 5.94. The van der Waals surface area contributed by atoms with E-state index in [1.54, 1.807) is 29.2 Å². The molecule has 0 aliphatic carbocycles. The van der Waals surface area contributed by atoms with E-state index in [1.807, 2.05) is 25.1 Å². The third-order valence-corrected chi connectivity index (χ3v) is 6.52. The second kappa shape index (κ2) is 9.43. The van der Waals surface area contributed by atoms with Crippen molar-refractivity contribution in [1.82, 2.24) is 4.90 Å². The summed E-state index contributed by atoms with van der Waals surface area (Å²) >= 11 is 14.1. The van der Waals surface area contributed by atoms with E-state index in [2.05, 4.69) is 42.2 Å². The molecule has 1 N–H and O–H groups in total. The Bertz CT molecular complexity index is 937. The van der Waals surface area contributed by atoms with Gasteiger partial charge in [0.25, 0.3) is 0 Å². The van der Waals surface area contributed by atoms with Gasteiger partial charge in [-0.2, -0.15) is 0 Å². The van der Waals surface area contributed by atoms with Gasteiger partial charge in [-0.25, -0.2) is 4.99 Å². The molecule has 1 fully saturated rings. The molecule has 2 amide bonds. The van der Waals surface area contributed by atoms with E-state index in [1.165, 1.54) is 11.8 Å². The number of anilines is 1. The van der Waals surface area contributed by atoms with Gasteiger partial charge < -0.3 is 5.32 Å². The van der Waals surface area contributed by atoms with Crippen LogP contribution in [0.3, 0.4) is 0 Å². The van der Waals surface area contributed by atoms with E-state index in [0.29, 0.717) is 22.4 Å². The smallest absolute Gasteiger partial charge is 0.242 e. The molecular weight excluding hydrogens is 530 g/mol. The first-order valence-corrected chi connectivity index (χ1v) is 11.3. The van der Waals surface area contributed by atoms with Crippen LogP contribution in [-0.4, -0.2) is 33.7 Å². The number of thioether (sulfide) groups is 1. The third-order valence-electron chi connectivity index (χ3n) is 3.96. The van der Waals surface area contributed by atoms with Crippen LogP contribution < -0.4 is 5.32 Å². The third kappa shape index (κ3) is 5.17. The molecule has 3 rings (SSSR count). The summed E-state index contributed by atoms with van der Waals surface area (Å²) in [5.74, 6) is -0.332. The zero-order chi connectivity index (χ0) is 20.3. The van der Waals surface area contributed by atoms with E-state index in [-0.39, 0.29) is 18.2 Å². The maximum Gasteiger partial charge on any atom is 0.242 e. The van der Waals surface area contributed by atoms with Crippen LogP contribution in [0.2, 0.25) is 5.02 Å². The number of rotatable bonds is 5. The molecule has 2 aromatic rings. The highest BCUT2D eigenvalue weighted by atomic mass is 79.9. The highest BCUT2D eigenvalue weighted by Crippen LogP contribution is 2.35. The van der Waals surface area contributed by atoms with Gasteiger partial charge >= 0.3 is 0 Å². The number of amidine groups is 1. The number of aliphatic imine (C=N–C) groups is 1. The van der Waals surface area contributed by atoms with Crippen molar-refractivity contribution in [3.05, 3.63) is 56.4 Å². The Balaban J connectivity index is 1.72. The molecule has 1 aliphatic rings. The molecule has 1 saturated heterocycles. The van der Waals surface area contributed by atoms with Crippen molar-refractivity contribution in [2.24, 2.45) is 4.99 Å². The normalized spacial score (nSPS) is 18.0. The van der Waals surface area contributed by atoms with Gasteiger partial charge in [0.2, 0.25) is 11.8 Å². The van der Waals surface area contributed by atoms with Gasteiger partial charge in [-0.05, 0) is 65.3 Å². The Morgan fingerprint density at radius 2 is 1.96 bits per heavy atom. The first kappa shape index (κ1) is 21.4. The minimum absolute atomic E-state index is 0.0726. The Morgan fingerprint density at radius 3 is 2.61 bits per heavy atom. The summed E-state index contributed by atoms with van der Waals surface area (Å²) in [7, 11) is 0. The van der Waals surface area contributed by atoms with Gasteiger partial charge in [-0.15, -0.1) is 0 Å². The molecule has 0 saturated carbocycles. The standard InChI is InChI=1S/C19H16Br2ClN3O2S/c1-2-25-18(27)16(10-17(26)23-13-6-4-12(22)5-7-13)28-19(25)24-15-8-3-11(20)9-14(15)21/h3-9,16H,2,10H2,1H3,(H,23,26). The van der Waals surface area contributed by atoms with Gasteiger partial charge in [-0.3, -0.25) is 14.5 Å². The van der Waals surface area contributed by atoms with Crippen molar-refractivity contribution in [1.29, 1.82) is 0 Å². The van der Waals surface area contributed by atoms with Crippen LogP contribution in [0.4, 0.5) is 11.4 Å². The van der Waals surface area contributed by atoms with Crippen LogP contribution in [0.15, 0.2) is 56.4 Å². The first-order chi connectivity index (χ1) is 13.4. The summed E-state index contributed by atoms with van der Waals surface area (Å²) in [6.45, 7) is 2.38. The molecular formula is C19H16Br2ClN3O2S. The summed E-state index contributed by atoms with van der Waals surface area (Å²) in [4.78, 5) is 31.3. The van der Waals surface area contributed by atoms with Gasteiger partial charge in [0, 0.05) is 32.6 Å². The second-order valence-corrected chi connectivity index (χ2v) is 9.31. The zero-order valence-electron chi connectivity index (χ0n) is 14.8. The maximum atomic E-state index is 12.7. The lowest BCUT2D eigenvalue weighted by Crippen LogP contribution is -2.33. The summed E-state index contributed by atoms with van der Waals surface area (Å²) in [6.07, 6.45) is 0.0726. The van der Waals surface area contributed by atoms with E-state index in [0.717, 1.165) is 14.6 Å². The number of halogens is 3. The summed E-state index contributed by atoms with van der Waals surface area (Å²) in [5.41, 5.74) is 1.37. The van der Waals surface area contributed by atoms with Crippen LogP contribution >= 0.6 is 55.2 Å². The van der Waals surface area contributed by atoms with Crippen molar-refractivity contribution < 1.29 is 9.59 Å². The topological polar surface area (TPSA) is 61.8 Å². The largest absolute Gasteiger partial charge is 0.326 e. The fourth-order valence-electron chi connectivity index (χ4n) is 2.60. The predicted molar refractivity (Wildman–Crippen MR) is 122 cm³/mol. The van der Waals surface area contributed by atoms with E-state index in [9.17, 15) is 9.59 Å². The van der Waals surface area contributed by atoms with Crippen LogP contribution in [0.25, 0.3) is 0 Å². The highest BCUT2D eigenvalue weighted by Gasteiger charge is 2.38. The molecule has 0 radical (unpaired) electrons. The summed E-state index contributed by atoms with van der Waals surface area (Å²) in [5, 5.41) is 3.49. The number of nitrogens with zero attached hydrogens (tertiary/aromatic N) is 2. The fourth-order valence-corrected chi connectivity index (χ4v) is 5.08. The number of carbonyl (C=O) groups excluding carboxylic acids is 2. The van der Waals surface area contributed by atoms with Gasteiger partial charge in [0.05, 0.1) is 5.69 Å². The summed E-state index contributed by atoms with van der Waals surface area (Å²) < 4.78 is 1.75. The Hall–Kier alpha value is -1.35. The zero-order valence-corrected chi connectivity index (χ0v) is 19.5. The highest BCUT2D eigenvalue weighted by molar-refractivity contribution is 9.11. The molecule has 1 unspecified atom stereocenters. The van der Waals surface area contributed by atoms with Crippen LogP contribution in [-0.2, 0) is 9.59 Å². The number of benzene rings is 2. The average molecular weight is 546 g/mol. The van der Waals surface area contributed by atoms with Crippen molar-refractivity contribution in [3.8, 4) is 0 Å². The van der Waals surface area contributed by atoms with Gasteiger partial charge in [-0.1, -0.05) is 39.3 Å². The fraction of sp³-hybridized carbons (Fsp3) is 0.211. The van der Waals surface area contributed by atoms with E-state index in [4.69, 9.17) is 11.6 Å². The Labute approximate surface area is 189 Å². The van der Waals surface area contributed by atoms with Crippen LogP contribution in [0.5, 0.6) is 0 Å². The lowest BCUT2D eigenvalue weighted by atomic mass is 10.2. The molecule has 1 aliphatic heterocycles. The number of amides is 2. The lowest BCUT2D eigenvalue weighted by Gasteiger charge is -2.13. The molecule has 28 heavy (non-hydrogen) atoms. The van der Waals surface area contributed by atoms with Crippen molar-refractivity contribution in [2.75, 3.05) is 11.9 Å². The molecule has 1 heterocycles. The Kier molecular flexibility index (Phi) is 7.20. The predicted octanol–water partition coefficient (Wildman–Crippen LogP) is 5.85. The average Bonchev–Trinajstić information content (AvgIpc) is 2.94. The summed E-state index contributed by atoms with van der Waals surface area (Å²) in [6, 6.07) is 12.5. The molecule has 5 nitrogen and oxygen atoms in total. The monoisotopic (exact) mass is 543 g/mol. The van der Waals surface area contributed by atoms with Gasteiger partial charge in [0.15, 0.2) is 5.17 Å². The minimum Gasteiger partial charge on any atom is -0.326 e.